The number of rotatable bonds is 3. The molecule has 0 aliphatic heterocycles. The third kappa shape index (κ3) is 1.94. The van der Waals surface area contributed by atoms with Crippen molar-refractivity contribution in [2.75, 3.05) is 0 Å². The van der Waals surface area contributed by atoms with E-state index in [4.69, 9.17) is 0 Å². The van der Waals surface area contributed by atoms with E-state index in [2.05, 4.69) is 20.8 Å². The molecule has 0 unspecified atom stereocenters. The summed E-state index contributed by atoms with van der Waals surface area (Å²) in [5, 5.41) is 10.7. The lowest BCUT2D eigenvalue weighted by atomic mass is 9.71. The quantitative estimate of drug-likeness (QED) is 0.623. The number of carbonyl (C=O) groups excluding carboxylic acids is 1. The van der Waals surface area contributed by atoms with Gasteiger partial charge in [0, 0.05) is 22.9 Å². The van der Waals surface area contributed by atoms with Crippen LogP contribution in [0.25, 0.3) is 0 Å². The molecule has 2 aliphatic rings. The fourth-order valence-corrected chi connectivity index (χ4v) is 5.49. The van der Waals surface area contributed by atoms with E-state index in [-0.39, 0.29) is 27.7 Å². The largest absolute Gasteiger partial charge is 0.298 e. The predicted octanol–water partition coefficient (Wildman–Crippen LogP) is 4.08. The highest BCUT2D eigenvalue weighted by molar-refractivity contribution is 8.00. The summed E-state index contributed by atoms with van der Waals surface area (Å²) in [6.45, 7) is 6.64. The molecule has 0 heterocycles. The van der Waals surface area contributed by atoms with Crippen LogP contribution in [-0.2, 0) is 4.79 Å². The van der Waals surface area contributed by atoms with Gasteiger partial charge in [-0.2, -0.15) is 0 Å². The molecule has 0 N–H and O–H groups in total. The number of nitro groups is 1. The van der Waals surface area contributed by atoms with Crippen molar-refractivity contribution in [2.45, 2.75) is 43.8 Å². The number of hydrogen-bond acceptors (Lipinski definition) is 4. The molecule has 0 amide bonds. The molecule has 0 spiro atoms. The molecule has 2 aliphatic carbocycles. The molecular weight excluding hydrogens is 286 g/mol. The zero-order valence-corrected chi connectivity index (χ0v) is 13.3. The van der Waals surface area contributed by atoms with Crippen LogP contribution < -0.4 is 0 Å². The van der Waals surface area contributed by atoms with E-state index in [0.717, 1.165) is 17.7 Å². The third-order valence-corrected chi connectivity index (χ3v) is 7.31. The maximum absolute atomic E-state index is 12.6. The number of benzene rings is 1. The maximum Gasteiger partial charge on any atom is 0.269 e. The summed E-state index contributed by atoms with van der Waals surface area (Å²) in [6, 6.07) is 6.51. The van der Waals surface area contributed by atoms with Crippen LogP contribution in [0.4, 0.5) is 5.69 Å². The van der Waals surface area contributed by atoms with Crippen molar-refractivity contribution in [3.05, 3.63) is 34.4 Å². The Balaban J connectivity index is 1.85. The van der Waals surface area contributed by atoms with Gasteiger partial charge in [0.1, 0.15) is 5.78 Å². The van der Waals surface area contributed by atoms with Crippen LogP contribution in [0.15, 0.2) is 29.2 Å². The zero-order chi connectivity index (χ0) is 15.4. The Labute approximate surface area is 128 Å². The normalized spacial score (nSPS) is 33.4. The van der Waals surface area contributed by atoms with E-state index in [1.165, 1.54) is 12.1 Å². The molecule has 21 heavy (non-hydrogen) atoms. The molecule has 0 saturated heterocycles. The standard InChI is InChI=1S/C16H19NO3S/c1-15(2)12-8-9-16(15,3)14(13(12)18)21-11-6-4-10(5-7-11)17(19)20/h4-7,12,14H,8-9H2,1-3H3/t12-,14-,16-/m1/s1. The minimum Gasteiger partial charge on any atom is -0.298 e. The highest BCUT2D eigenvalue weighted by Crippen LogP contribution is 2.67. The van der Waals surface area contributed by atoms with E-state index in [9.17, 15) is 14.9 Å². The fourth-order valence-electron chi connectivity index (χ4n) is 3.96. The number of carbonyl (C=O) groups is 1. The van der Waals surface area contributed by atoms with Gasteiger partial charge in [-0.15, -0.1) is 11.8 Å². The molecule has 5 heteroatoms. The Bertz CT molecular complexity index is 610. The van der Waals surface area contributed by atoms with Crippen LogP contribution in [0.3, 0.4) is 0 Å². The predicted molar refractivity (Wildman–Crippen MR) is 82.4 cm³/mol. The summed E-state index contributed by atoms with van der Waals surface area (Å²) in [5.74, 6) is 0.523. The number of non-ortho nitro benzene ring substituents is 1. The second-order valence-corrected chi connectivity index (χ2v) is 8.06. The van der Waals surface area contributed by atoms with Crippen molar-refractivity contribution < 1.29 is 9.72 Å². The first-order valence-electron chi connectivity index (χ1n) is 7.22. The fraction of sp³-hybridized carbons (Fsp3) is 0.562. The van der Waals surface area contributed by atoms with Gasteiger partial charge in [0.2, 0.25) is 0 Å². The summed E-state index contributed by atoms with van der Waals surface area (Å²) < 4.78 is 0. The Morgan fingerprint density at radius 2 is 1.86 bits per heavy atom. The number of fused-ring (bicyclic) bond motifs is 2. The van der Waals surface area contributed by atoms with Crippen molar-refractivity contribution in [2.24, 2.45) is 16.7 Å². The Kier molecular flexibility index (Phi) is 3.17. The maximum atomic E-state index is 12.6. The number of nitro benzene ring substituents is 1. The van der Waals surface area contributed by atoms with Gasteiger partial charge in [-0.05, 0) is 35.8 Å². The first-order chi connectivity index (χ1) is 9.77. The third-order valence-electron chi connectivity index (χ3n) is 5.78. The van der Waals surface area contributed by atoms with Crippen LogP contribution >= 0.6 is 11.8 Å². The van der Waals surface area contributed by atoms with E-state index in [1.54, 1.807) is 23.9 Å². The summed E-state index contributed by atoms with van der Waals surface area (Å²) in [6.07, 6.45) is 2.08. The van der Waals surface area contributed by atoms with Crippen molar-refractivity contribution in [3.8, 4) is 0 Å². The van der Waals surface area contributed by atoms with E-state index in [1.807, 2.05) is 0 Å². The zero-order valence-electron chi connectivity index (χ0n) is 12.5. The van der Waals surface area contributed by atoms with Gasteiger partial charge in [-0.3, -0.25) is 14.9 Å². The Hall–Kier alpha value is -1.36. The lowest BCUT2D eigenvalue weighted by molar-refractivity contribution is -0.384. The van der Waals surface area contributed by atoms with E-state index < -0.39 is 4.92 Å². The van der Waals surface area contributed by atoms with Gasteiger partial charge in [0.25, 0.3) is 5.69 Å². The van der Waals surface area contributed by atoms with Crippen LogP contribution in [0.1, 0.15) is 33.6 Å². The summed E-state index contributed by atoms with van der Waals surface area (Å²) in [5.41, 5.74) is 0.147. The average molecular weight is 305 g/mol. The molecule has 0 aromatic heterocycles. The molecule has 2 saturated carbocycles. The minimum absolute atomic E-state index is 0.0151. The highest BCUT2D eigenvalue weighted by Gasteiger charge is 2.66. The lowest BCUT2D eigenvalue weighted by Gasteiger charge is -2.37. The first kappa shape index (κ1) is 14.6. The number of ketones is 1. The topological polar surface area (TPSA) is 60.2 Å². The van der Waals surface area contributed by atoms with Gasteiger partial charge < -0.3 is 0 Å². The van der Waals surface area contributed by atoms with Gasteiger partial charge in [-0.25, -0.2) is 0 Å². The van der Waals surface area contributed by atoms with Gasteiger partial charge in [-0.1, -0.05) is 20.8 Å². The van der Waals surface area contributed by atoms with Crippen molar-refractivity contribution >= 4 is 23.2 Å². The van der Waals surface area contributed by atoms with E-state index >= 15 is 0 Å². The molecule has 4 nitrogen and oxygen atoms in total. The average Bonchev–Trinajstić information content (AvgIpc) is 2.73. The van der Waals surface area contributed by atoms with Crippen molar-refractivity contribution in [1.29, 1.82) is 0 Å². The molecule has 1 aromatic rings. The highest BCUT2D eigenvalue weighted by atomic mass is 32.2. The van der Waals surface area contributed by atoms with Crippen LogP contribution in [0, 0.1) is 26.9 Å². The molecule has 2 bridgehead atoms. The van der Waals surface area contributed by atoms with Crippen LogP contribution in [0.5, 0.6) is 0 Å². The summed E-state index contributed by atoms with van der Waals surface area (Å²) in [4.78, 5) is 23.9. The van der Waals surface area contributed by atoms with Crippen molar-refractivity contribution in [3.63, 3.8) is 0 Å². The van der Waals surface area contributed by atoms with Crippen molar-refractivity contribution in [1.82, 2.24) is 0 Å². The second kappa shape index (κ2) is 4.57. The molecule has 1 aromatic carbocycles. The summed E-state index contributed by atoms with van der Waals surface area (Å²) >= 11 is 1.57. The Morgan fingerprint density at radius 1 is 1.24 bits per heavy atom. The molecule has 112 valence electrons. The number of nitrogens with zero attached hydrogens (tertiary/aromatic N) is 1. The first-order valence-corrected chi connectivity index (χ1v) is 8.10. The molecule has 2 fully saturated rings. The Morgan fingerprint density at radius 3 is 2.33 bits per heavy atom. The molecule has 3 rings (SSSR count). The summed E-state index contributed by atoms with van der Waals surface area (Å²) in [7, 11) is 0. The monoisotopic (exact) mass is 305 g/mol. The minimum atomic E-state index is -0.401. The number of Topliss-reactive ketones (excluding diaryl/α,β-unsaturated/α-hetero) is 1. The molecular formula is C16H19NO3S. The molecule has 3 atom stereocenters. The van der Waals surface area contributed by atoms with Gasteiger partial charge in [0.15, 0.2) is 0 Å². The van der Waals surface area contributed by atoms with Crippen LogP contribution in [-0.4, -0.2) is 16.0 Å². The van der Waals surface area contributed by atoms with Gasteiger partial charge >= 0.3 is 0 Å². The lowest BCUT2D eigenvalue weighted by Crippen LogP contribution is -2.35. The number of thioether (sulfide) groups is 1. The smallest absolute Gasteiger partial charge is 0.269 e. The second-order valence-electron chi connectivity index (χ2n) is 6.88. The molecule has 0 radical (unpaired) electrons. The number of hydrogen-bond donors (Lipinski definition) is 0. The van der Waals surface area contributed by atoms with Crippen LogP contribution in [0.2, 0.25) is 0 Å². The SMILES string of the molecule is CC1(C)[C@@H]2CC[C@]1(C)[C@H](Sc1ccc([N+](=O)[O-])cc1)C2=O. The van der Waals surface area contributed by atoms with Gasteiger partial charge in [0.05, 0.1) is 10.2 Å². The van der Waals surface area contributed by atoms with E-state index in [0.29, 0.717) is 5.78 Å².